The highest BCUT2D eigenvalue weighted by atomic mass is 16.5. The lowest BCUT2D eigenvalue weighted by Gasteiger charge is -2.03. The minimum Gasteiger partial charge on any atom is -0.545 e. The van der Waals surface area contributed by atoms with Crippen molar-refractivity contribution in [3.05, 3.63) is 53.3 Å². The van der Waals surface area contributed by atoms with Crippen molar-refractivity contribution < 1.29 is 23.8 Å². The number of ether oxygens (including phenoxy) is 1. The van der Waals surface area contributed by atoms with Crippen LogP contribution in [0, 0.1) is 11.3 Å². The Bertz CT molecular complexity index is 828. The van der Waals surface area contributed by atoms with Crippen LogP contribution in [-0.2, 0) is 9.53 Å². The number of methoxy groups -OCH3 is 1. The van der Waals surface area contributed by atoms with E-state index < -0.39 is 11.9 Å². The lowest BCUT2D eigenvalue weighted by molar-refractivity contribution is -0.255. The third-order valence-corrected chi connectivity index (χ3v) is 3.28. The van der Waals surface area contributed by atoms with Gasteiger partial charge in [-0.25, -0.2) is 0 Å². The fourth-order valence-corrected chi connectivity index (χ4v) is 2.01. The second-order valence-electron chi connectivity index (χ2n) is 4.99. The van der Waals surface area contributed by atoms with E-state index >= 15 is 0 Å². The van der Waals surface area contributed by atoms with Gasteiger partial charge in [-0.2, -0.15) is 5.26 Å². The Morgan fingerprint density at radius 2 is 2.00 bits per heavy atom. The zero-order valence-electron chi connectivity index (χ0n) is 13.4. The second kappa shape index (κ2) is 8.47. The lowest BCUT2D eigenvalue weighted by Crippen LogP contribution is -2.27. The van der Waals surface area contributed by atoms with Crippen molar-refractivity contribution in [3.63, 3.8) is 0 Å². The van der Waals surface area contributed by atoms with Crippen LogP contribution in [0.5, 0.6) is 0 Å². The molecular weight excluding hydrogens is 324 g/mol. The van der Waals surface area contributed by atoms with Crippen LogP contribution in [0.2, 0.25) is 0 Å². The summed E-state index contributed by atoms with van der Waals surface area (Å²) in [4.78, 5) is 22.6. The predicted octanol–water partition coefficient (Wildman–Crippen LogP) is 0.980. The fraction of sp³-hybridized carbons (Fsp3) is 0.167. The first-order chi connectivity index (χ1) is 12.0. The van der Waals surface area contributed by atoms with E-state index in [1.807, 2.05) is 6.07 Å². The van der Waals surface area contributed by atoms with Gasteiger partial charge < -0.3 is 24.4 Å². The number of aromatic carboxylic acids is 1. The van der Waals surface area contributed by atoms with Gasteiger partial charge in [-0.1, -0.05) is 24.3 Å². The molecule has 2 aromatic rings. The summed E-state index contributed by atoms with van der Waals surface area (Å²) in [6.45, 7) is 0.639. The average Bonchev–Trinajstić information content (AvgIpc) is 3.08. The average molecular weight is 339 g/mol. The Morgan fingerprint density at radius 1 is 1.28 bits per heavy atom. The molecule has 0 aliphatic heterocycles. The Balaban J connectivity index is 2.15. The van der Waals surface area contributed by atoms with Gasteiger partial charge in [-0.15, -0.1) is 0 Å². The Kier molecular flexibility index (Phi) is 6.09. The number of hydrogen-bond acceptors (Lipinski definition) is 6. The second-order valence-corrected chi connectivity index (χ2v) is 4.99. The number of carbonyl (C=O) groups is 2. The van der Waals surface area contributed by atoms with Gasteiger partial charge in [0.05, 0.1) is 12.6 Å². The standard InChI is InChI=1S/C18H16N2O5/c1-24-9-8-20-17(21)14(11-19)10-15-6-7-16(25-15)12-2-4-13(5-3-12)18(22)23/h2-7,10H,8-9H2,1H3,(H,20,21)(H,22,23)/p-1/b14-10+. The first kappa shape index (κ1) is 18.0. The number of carboxylic acids is 1. The van der Waals surface area contributed by atoms with Gasteiger partial charge in [0.1, 0.15) is 23.2 Å². The maximum absolute atomic E-state index is 11.9. The highest BCUT2D eigenvalue weighted by Gasteiger charge is 2.10. The van der Waals surface area contributed by atoms with Crippen molar-refractivity contribution in [2.75, 3.05) is 20.3 Å². The molecule has 0 atom stereocenters. The summed E-state index contributed by atoms with van der Waals surface area (Å²) >= 11 is 0. The van der Waals surface area contributed by atoms with Gasteiger partial charge in [0.2, 0.25) is 0 Å². The Morgan fingerprint density at radius 3 is 2.60 bits per heavy atom. The topological polar surface area (TPSA) is 115 Å². The molecule has 1 N–H and O–H groups in total. The molecule has 7 heteroatoms. The van der Waals surface area contributed by atoms with Crippen molar-refractivity contribution >= 4 is 18.0 Å². The van der Waals surface area contributed by atoms with Gasteiger partial charge in [-0.05, 0) is 17.7 Å². The Labute approximate surface area is 144 Å². The molecule has 0 bridgehead atoms. The summed E-state index contributed by atoms with van der Waals surface area (Å²) in [5.74, 6) is -0.964. The third kappa shape index (κ3) is 4.80. The quantitative estimate of drug-likeness (QED) is 0.457. The number of carbonyl (C=O) groups excluding carboxylic acids is 2. The van der Waals surface area contributed by atoms with E-state index in [9.17, 15) is 14.7 Å². The van der Waals surface area contributed by atoms with Gasteiger partial charge in [0.15, 0.2) is 0 Å². The van der Waals surface area contributed by atoms with E-state index in [1.54, 1.807) is 24.3 Å². The zero-order valence-corrected chi connectivity index (χ0v) is 13.4. The van der Waals surface area contributed by atoms with Crippen molar-refractivity contribution in [1.82, 2.24) is 5.32 Å². The molecule has 0 unspecified atom stereocenters. The molecule has 1 aromatic heterocycles. The van der Waals surface area contributed by atoms with E-state index in [1.165, 1.54) is 25.3 Å². The van der Waals surface area contributed by atoms with Crippen LogP contribution in [-0.4, -0.2) is 32.1 Å². The Hall–Kier alpha value is -3.37. The summed E-state index contributed by atoms with van der Waals surface area (Å²) in [5.41, 5.74) is 0.631. The molecule has 0 fully saturated rings. The number of nitrogens with one attached hydrogen (secondary N) is 1. The smallest absolute Gasteiger partial charge is 0.262 e. The van der Waals surface area contributed by atoms with Crippen LogP contribution in [0.1, 0.15) is 16.1 Å². The number of nitrogens with zero attached hydrogens (tertiary/aromatic N) is 1. The van der Waals surface area contributed by atoms with Gasteiger partial charge in [0.25, 0.3) is 5.91 Å². The third-order valence-electron chi connectivity index (χ3n) is 3.28. The number of nitriles is 1. The number of carboxylic acid groups (broad SMARTS) is 1. The molecule has 128 valence electrons. The maximum Gasteiger partial charge on any atom is 0.262 e. The zero-order chi connectivity index (χ0) is 18.2. The van der Waals surface area contributed by atoms with E-state index in [-0.39, 0.29) is 11.1 Å². The molecule has 0 saturated heterocycles. The molecule has 0 saturated carbocycles. The predicted molar refractivity (Wildman–Crippen MR) is 87.0 cm³/mol. The van der Waals surface area contributed by atoms with Gasteiger partial charge >= 0.3 is 0 Å². The number of rotatable bonds is 7. The van der Waals surface area contributed by atoms with Crippen molar-refractivity contribution in [3.8, 4) is 17.4 Å². The molecule has 0 aliphatic carbocycles. The van der Waals surface area contributed by atoms with E-state index in [4.69, 9.17) is 14.4 Å². The first-order valence-electron chi connectivity index (χ1n) is 7.35. The molecule has 0 spiro atoms. The van der Waals surface area contributed by atoms with Crippen LogP contribution >= 0.6 is 0 Å². The molecule has 1 aromatic carbocycles. The molecule has 2 rings (SSSR count). The van der Waals surface area contributed by atoms with Crippen LogP contribution < -0.4 is 10.4 Å². The van der Waals surface area contributed by atoms with E-state index in [0.717, 1.165) is 0 Å². The van der Waals surface area contributed by atoms with Crippen molar-refractivity contribution in [1.29, 1.82) is 5.26 Å². The normalized spacial score (nSPS) is 11.0. The van der Waals surface area contributed by atoms with E-state index in [0.29, 0.717) is 30.2 Å². The van der Waals surface area contributed by atoms with Crippen molar-refractivity contribution in [2.24, 2.45) is 0 Å². The summed E-state index contributed by atoms with van der Waals surface area (Å²) in [6, 6.07) is 11.1. The highest BCUT2D eigenvalue weighted by molar-refractivity contribution is 6.01. The monoisotopic (exact) mass is 339 g/mol. The lowest BCUT2D eigenvalue weighted by atomic mass is 10.1. The largest absolute Gasteiger partial charge is 0.545 e. The SMILES string of the molecule is COCCNC(=O)/C(C#N)=C/c1ccc(-c2ccc(C(=O)[O-])cc2)o1. The van der Waals surface area contributed by atoms with Crippen LogP contribution in [0.4, 0.5) is 0 Å². The molecule has 25 heavy (non-hydrogen) atoms. The molecular formula is C18H15N2O5-. The minimum atomic E-state index is -1.26. The molecule has 0 aliphatic rings. The maximum atomic E-state index is 11.9. The van der Waals surface area contributed by atoms with E-state index in [2.05, 4.69) is 5.32 Å². The van der Waals surface area contributed by atoms with Crippen LogP contribution in [0.15, 0.2) is 46.4 Å². The van der Waals surface area contributed by atoms with Crippen molar-refractivity contribution in [2.45, 2.75) is 0 Å². The summed E-state index contributed by atoms with van der Waals surface area (Å²) < 4.78 is 10.4. The number of hydrogen-bond donors (Lipinski definition) is 1. The van der Waals surface area contributed by atoms with Crippen LogP contribution in [0.25, 0.3) is 17.4 Å². The van der Waals surface area contributed by atoms with Gasteiger partial charge in [-0.3, -0.25) is 4.79 Å². The number of benzene rings is 1. The fourth-order valence-electron chi connectivity index (χ4n) is 2.01. The summed E-state index contributed by atoms with van der Waals surface area (Å²) in [5, 5.41) is 22.4. The molecule has 1 amide bonds. The number of furan rings is 1. The molecule has 0 radical (unpaired) electrons. The molecule has 1 heterocycles. The van der Waals surface area contributed by atoms with Crippen LogP contribution in [0.3, 0.4) is 0 Å². The minimum absolute atomic E-state index is 0.0647. The molecule has 7 nitrogen and oxygen atoms in total. The number of amides is 1. The highest BCUT2D eigenvalue weighted by Crippen LogP contribution is 2.23. The summed E-state index contributed by atoms with van der Waals surface area (Å²) in [7, 11) is 1.51. The summed E-state index contributed by atoms with van der Waals surface area (Å²) in [6.07, 6.45) is 1.33. The first-order valence-corrected chi connectivity index (χ1v) is 7.35. The van der Waals surface area contributed by atoms with Gasteiger partial charge in [0, 0.05) is 25.3 Å².